The molecule has 224 valence electrons. The zero-order chi connectivity index (χ0) is 30.3. The molecule has 0 bridgehead atoms. The van der Waals surface area contributed by atoms with E-state index in [0.717, 1.165) is 32.1 Å². The number of nitrogens with one attached hydrogen (secondary N) is 1. The summed E-state index contributed by atoms with van der Waals surface area (Å²) in [6.07, 6.45) is 4.92. The lowest BCUT2D eigenvalue weighted by molar-refractivity contribution is -0.127. The predicted molar refractivity (Wildman–Crippen MR) is 160 cm³/mol. The Balaban J connectivity index is 1.62. The summed E-state index contributed by atoms with van der Waals surface area (Å²) in [5, 5.41) is 11.6. The highest BCUT2D eigenvalue weighted by atomic mass is 16.5. The van der Waals surface area contributed by atoms with Gasteiger partial charge in [-0.15, -0.1) is 5.10 Å². The van der Waals surface area contributed by atoms with Gasteiger partial charge >= 0.3 is 5.97 Å². The summed E-state index contributed by atoms with van der Waals surface area (Å²) in [7, 11) is 4.34. The Kier molecular flexibility index (Phi) is 9.19. The number of ether oxygens (including phenoxy) is 3. The summed E-state index contributed by atoms with van der Waals surface area (Å²) < 4.78 is 17.4. The van der Waals surface area contributed by atoms with E-state index in [0.29, 0.717) is 39.3 Å². The minimum atomic E-state index is -1.09. The first kappa shape index (κ1) is 29.6. The van der Waals surface area contributed by atoms with Crippen LogP contribution in [0.5, 0.6) is 11.5 Å². The molecule has 4 aromatic rings. The number of rotatable bonds is 10. The number of aromatic nitrogens is 3. The molecular weight excluding hydrogens is 550 g/mol. The summed E-state index contributed by atoms with van der Waals surface area (Å²) in [4.78, 5) is 42.2. The van der Waals surface area contributed by atoms with Crippen LogP contribution in [-0.2, 0) is 20.9 Å². The number of amides is 2. The number of benzene rings is 3. The molecule has 1 aliphatic carbocycles. The van der Waals surface area contributed by atoms with Crippen molar-refractivity contribution in [1.82, 2.24) is 20.3 Å². The van der Waals surface area contributed by atoms with Crippen LogP contribution in [0.15, 0.2) is 66.7 Å². The number of carbonyl (C=O) groups excluding carboxylic acids is 3. The Morgan fingerprint density at radius 1 is 0.930 bits per heavy atom. The number of esters is 1. The molecule has 1 aromatic heterocycles. The van der Waals surface area contributed by atoms with E-state index in [2.05, 4.69) is 15.6 Å². The van der Waals surface area contributed by atoms with Gasteiger partial charge < -0.3 is 19.5 Å². The maximum absolute atomic E-state index is 14.4. The van der Waals surface area contributed by atoms with Crippen molar-refractivity contribution in [3.63, 3.8) is 0 Å². The highest BCUT2D eigenvalue weighted by Crippen LogP contribution is 2.35. The lowest BCUT2D eigenvalue weighted by Crippen LogP contribution is -2.48. The van der Waals surface area contributed by atoms with Gasteiger partial charge in [0.05, 0.1) is 38.1 Å². The summed E-state index contributed by atoms with van der Waals surface area (Å²) in [6, 6.07) is 17.8. The van der Waals surface area contributed by atoms with Crippen LogP contribution >= 0.6 is 0 Å². The van der Waals surface area contributed by atoms with E-state index in [1.54, 1.807) is 42.5 Å². The zero-order valence-electron chi connectivity index (χ0n) is 24.5. The van der Waals surface area contributed by atoms with Crippen LogP contribution in [0.3, 0.4) is 0 Å². The second-order valence-electron chi connectivity index (χ2n) is 10.4. The molecule has 0 radical (unpaired) electrons. The molecule has 1 fully saturated rings. The van der Waals surface area contributed by atoms with E-state index < -0.39 is 17.9 Å². The van der Waals surface area contributed by atoms with Crippen molar-refractivity contribution in [2.24, 2.45) is 0 Å². The normalized spacial score (nSPS) is 14.1. The number of hydrogen-bond donors (Lipinski definition) is 1. The van der Waals surface area contributed by atoms with Gasteiger partial charge in [-0.05, 0) is 42.7 Å². The van der Waals surface area contributed by atoms with Crippen LogP contribution in [0.25, 0.3) is 11.0 Å². The second kappa shape index (κ2) is 13.4. The van der Waals surface area contributed by atoms with Gasteiger partial charge in [-0.2, -0.15) is 0 Å². The maximum Gasteiger partial charge on any atom is 0.337 e. The monoisotopic (exact) mass is 585 g/mol. The largest absolute Gasteiger partial charge is 0.497 e. The molecule has 1 aliphatic rings. The lowest BCUT2D eigenvalue weighted by atomic mass is 9.94. The molecule has 1 N–H and O–H groups in total. The fourth-order valence-electron chi connectivity index (χ4n) is 5.47. The van der Waals surface area contributed by atoms with Gasteiger partial charge in [0, 0.05) is 24.2 Å². The smallest absolute Gasteiger partial charge is 0.337 e. The van der Waals surface area contributed by atoms with Gasteiger partial charge in [0.15, 0.2) is 0 Å². The Labute approximate surface area is 249 Å². The van der Waals surface area contributed by atoms with Gasteiger partial charge in [0.25, 0.3) is 0 Å². The molecule has 11 nitrogen and oxygen atoms in total. The minimum absolute atomic E-state index is 0.00542. The van der Waals surface area contributed by atoms with E-state index >= 15 is 0 Å². The Bertz CT molecular complexity index is 1570. The highest BCUT2D eigenvalue weighted by molar-refractivity contribution is 6.02. The van der Waals surface area contributed by atoms with E-state index in [-0.39, 0.29) is 18.5 Å². The SMILES string of the molecule is COC(=O)c1ccc(C(C(=O)NC2CCCCC2)N(C(=O)Cn2nnc3ccccc32)c2cc(OC)cc(OC)c2)cc1. The van der Waals surface area contributed by atoms with Gasteiger partial charge in [-0.3, -0.25) is 14.5 Å². The first-order valence-electron chi connectivity index (χ1n) is 14.2. The fourth-order valence-corrected chi connectivity index (χ4v) is 5.47. The van der Waals surface area contributed by atoms with Gasteiger partial charge in [0.1, 0.15) is 29.6 Å². The number of anilines is 1. The van der Waals surface area contributed by atoms with Crippen LogP contribution in [0.2, 0.25) is 0 Å². The molecule has 43 heavy (non-hydrogen) atoms. The van der Waals surface area contributed by atoms with Crippen LogP contribution in [-0.4, -0.2) is 60.1 Å². The first-order chi connectivity index (χ1) is 20.9. The van der Waals surface area contributed by atoms with Crippen LogP contribution < -0.4 is 19.7 Å². The summed E-state index contributed by atoms with van der Waals surface area (Å²) in [6.45, 7) is -0.187. The average Bonchev–Trinajstić information content (AvgIpc) is 3.45. The lowest BCUT2D eigenvalue weighted by Gasteiger charge is -2.34. The third-order valence-electron chi connectivity index (χ3n) is 7.69. The molecule has 5 rings (SSSR count). The Hall–Kier alpha value is -4.93. The third-order valence-corrected chi connectivity index (χ3v) is 7.69. The summed E-state index contributed by atoms with van der Waals surface area (Å²) in [5.74, 6) is -0.349. The van der Waals surface area contributed by atoms with Crippen molar-refractivity contribution in [2.45, 2.75) is 50.7 Å². The van der Waals surface area contributed by atoms with Crippen molar-refractivity contribution in [3.05, 3.63) is 77.9 Å². The van der Waals surface area contributed by atoms with Crippen LogP contribution in [0.4, 0.5) is 5.69 Å². The summed E-state index contributed by atoms with van der Waals surface area (Å²) in [5.41, 5.74) is 2.57. The van der Waals surface area contributed by atoms with Gasteiger partial charge in [0.2, 0.25) is 11.8 Å². The van der Waals surface area contributed by atoms with Crippen molar-refractivity contribution in [2.75, 3.05) is 26.2 Å². The van der Waals surface area contributed by atoms with Crippen LogP contribution in [0.1, 0.15) is 54.1 Å². The molecule has 0 saturated heterocycles. The molecular formula is C32H35N5O6. The first-order valence-corrected chi connectivity index (χ1v) is 14.2. The van der Waals surface area contributed by atoms with Crippen molar-refractivity contribution in [3.8, 4) is 11.5 Å². The van der Waals surface area contributed by atoms with E-state index in [1.165, 1.54) is 30.9 Å². The van der Waals surface area contributed by atoms with Gasteiger partial charge in [-0.25, -0.2) is 9.48 Å². The molecule has 1 heterocycles. The fraction of sp³-hybridized carbons (Fsp3) is 0.344. The molecule has 1 unspecified atom stereocenters. The molecule has 3 aromatic carbocycles. The zero-order valence-corrected chi connectivity index (χ0v) is 24.5. The number of methoxy groups -OCH3 is 3. The number of carbonyl (C=O) groups is 3. The Morgan fingerprint density at radius 2 is 1.60 bits per heavy atom. The molecule has 1 saturated carbocycles. The molecule has 1 atom stereocenters. The number of nitrogens with zero attached hydrogens (tertiary/aromatic N) is 4. The van der Waals surface area contributed by atoms with E-state index in [9.17, 15) is 14.4 Å². The average molecular weight is 586 g/mol. The molecule has 11 heteroatoms. The Morgan fingerprint density at radius 3 is 2.26 bits per heavy atom. The molecule has 0 aliphatic heterocycles. The highest BCUT2D eigenvalue weighted by Gasteiger charge is 2.35. The molecule has 0 spiro atoms. The standard InChI is InChI=1S/C32H35N5O6/c1-41-25-17-24(18-26(19-25)42-2)37(29(38)20-36-28-12-8-7-11-27(28)34-35-36)30(31(39)33-23-9-5-4-6-10-23)21-13-15-22(16-14-21)32(40)43-3/h7-8,11-19,23,30H,4-6,9-10,20H2,1-3H3,(H,33,39). The second-order valence-corrected chi connectivity index (χ2v) is 10.4. The van der Waals surface area contributed by atoms with E-state index in [1.807, 2.05) is 24.3 Å². The van der Waals surface area contributed by atoms with Crippen molar-refractivity contribution < 1.29 is 28.6 Å². The third kappa shape index (κ3) is 6.61. The van der Waals surface area contributed by atoms with Crippen LogP contribution in [0, 0.1) is 0 Å². The maximum atomic E-state index is 14.4. The minimum Gasteiger partial charge on any atom is -0.497 e. The predicted octanol–water partition coefficient (Wildman–Crippen LogP) is 4.46. The molecule has 2 amide bonds. The quantitative estimate of drug-likeness (QED) is 0.271. The van der Waals surface area contributed by atoms with Crippen molar-refractivity contribution in [1.29, 1.82) is 0 Å². The van der Waals surface area contributed by atoms with Crippen molar-refractivity contribution >= 4 is 34.5 Å². The van der Waals surface area contributed by atoms with E-state index in [4.69, 9.17) is 14.2 Å². The number of hydrogen-bond acceptors (Lipinski definition) is 8. The number of para-hydroxylation sites is 1. The topological polar surface area (TPSA) is 125 Å². The van der Waals surface area contributed by atoms with Gasteiger partial charge in [-0.1, -0.05) is 48.7 Å². The number of fused-ring (bicyclic) bond motifs is 1. The summed E-state index contributed by atoms with van der Waals surface area (Å²) >= 11 is 0.